The molecular weight excluding hydrogens is 180 g/mol. The molecule has 1 aromatic rings. The van der Waals surface area contributed by atoms with Gasteiger partial charge in [-0.1, -0.05) is 24.3 Å². The maximum absolute atomic E-state index is 10.7. The van der Waals surface area contributed by atoms with Gasteiger partial charge in [0, 0.05) is 0 Å². The fraction of sp³-hybridized carbons (Fsp3) is 0.143. The van der Waals surface area contributed by atoms with Crippen molar-refractivity contribution < 1.29 is 4.74 Å². The Kier molecular flexibility index (Phi) is 2.88. The molecule has 1 N–H and O–H groups in total. The molecule has 0 aliphatic heterocycles. The van der Waals surface area contributed by atoms with Crippen molar-refractivity contribution >= 4 is 11.6 Å². The first-order valence-corrected chi connectivity index (χ1v) is 3.60. The number of halogens is 1. The van der Waals surface area contributed by atoms with E-state index in [1.807, 2.05) is 0 Å². The van der Waals surface area contributed by atoms with Gasteiger partial charge in [-0.3, -0.25) is 4.98 Å². The fourth-order valence-electron chi connectivity index (χ4n) is 0.610. The molecule has 0 aromatic carbocycles. The molecule has 0 atom stereocenters. The maximum atomic E-state index is 10.7. The number of ether oxygens (including phenoxy) is 1. The summed E-state index contributed by atoms with van der Waals surface area (Å²) in [5.74, 6) is 0.219. The third-order valence-corrected chi connectivity index (χ3v) is 1.35. The lowest BCUT2D eigenvalue weighted by molar-refractivity contribution is 0.347. The van der Waals surface area contributed by atoms with Gasteiger partial charge in [0.15, 0.2) is 0 Å². The Bertz CT molecular complexity index is 334. The van der Waals surface area contributed by atoms with E-state index in [0.29, 0.717) is 6.61 Å². The van der Waals surface area contributed by atoms with Crippen molar-refractivity contribution in [1.29, 1.82) is 0 Å². The summed E-state index contributed by atoms with van der Waals surface area (Å²) in [7, 11) is 0. The van der Waals surface area contributed by atoms with Gasteiger partial charge in [0.2, 0.25) is 5.88 Å². The molecule has 0 fully saturated rings. The van der Waals surface area contributed by atoms with Crippen LogP contribution in [0.4, 0.5) is 0 Å². The second kappa shape index (κ2) is 3.92. The first-order valence-electron chi connectivity index (χ1n) is 3.22. The first kappa shape index (κ1) is 8.80. The van der Waals surface area contributed by atoms with Crippen LogP contribution in [0.1, 0.15) is 0 Å². The van der Waals surface area contributed by atoms with Crippen LogP contribution < -0.4 is 10.4 Å². The predicted molar refractivity (Wildman–Crippen MR) is 45.6 cm³/mol. The second-order valence-electron chi connectivity index (χ2n) is 1.97. The van der Waals surface area contributed by atoms with Gasteiger partial charge in [-0.2, -0.15) is 4.98 Å². The summed E-state index contributed by atoms with van der Waals surface area (Å²) < 4.78 is 5.02. The lowest BCUT2D eigenvalue weighted by Gasteiger charge is -2.02. The van der Waals surface area contributed by atoms with Crippen molar-refractivity contribution in [1.82, 2.24) is 9.97 Å². The Morgan fingerprint density at radius 3 is 3.25 bits per heavy atom. The van der Waals surface area contributed by atoms with Gasteiger partial charge in [-0.25, -0.2) is 4.79 Å². The molecule has 0 bridgehead atoms. The number of H-pyrrole nitrogens is 1. The number of hydrogen-bond donors (Lipinski definition) is 1. The third-order valence-electron chi connectivity index (χ3n) is 1.08. The van der Waals surface area contributed by atoms with Crippen LogP contribution in [-0.4, -0.2) is 16.6 Å². The molecular formula is C7H7ClN2O2. The number of rotatable bonds is 3. The van der Waals surface area contributed by atoms with Gasteiger partial charge in [0.25, 0.3) is 0 Å². The molecule has 0 saturated heterocycles. The van der Waals surface area contributed by atoms with Crippen LogP contribution in [0.5, 0.6) is 5.88 Å². The van der Waals surface area contributed by atoms with Crippen LogP contribution in [0, 0.1) is 0 Å². The van der Waals surface area contributed by atoms with Gasteiger partial charge in [-0.05, 0) is 0 Å². The zero-order valence-corrected chi connectivity index (χ0v) is 6.97. The van der Waals surface area contributed by atoms with Crippen molar-refractivity contribution in [3.8, 4) is 5.88 Å². The Balaban J connectivity index is 2.89. The highest BCUT2D eigenvalue weighted by molar-refractivity contribution is 6.31. The van der Waals surface area contributed by atoms with Crippen LogP contribution in [0.15, 0.2) is 23.6 Å². The number of hydrogen-bond acceptors (Lipinski definition) is 3. The molecule has 1 aromatic heterocycles. The van der Waals surface area contributed by atoms with Crippen molar-refractivity contribution in [2.45, 2.75) is 0 Å². The molecule has 5 heteroatoms. The first-order chi connectivity index (χ1) is 5.74. The molecule has 0 saturated carbocycles. The van der Waals surface area contributed by atoms with Crippen LogP contribution >= 0.6 is 11.6 Å². The number of nitrogens with zero attached hydrogens (tertiary/aromatic N) is 1. The fourth-order valence-corrected chi connectivity index (χ4v) is 0.761. The average molecular weight is 187 g/mol. The van der Waals surface area contributed by atoms with E-state index in [4.69, 9.17) is 16.3 Å². The molecule has 0 aliphatic rings. The van der Waals surface area contributed by atoms with E-state index >= 15 is 0 Å². The van der Waals surface area contributed by atoms with E-state index < -0.39 is 5.69 Å². The van der Waals surface area contributed by atoms with Gasteiger partial charge >= 0.3 is 5.69 Å². The third kappa shape index (κ3) is 2.10. The van der Waals surface area contributed by atoms with Gasteiger partial charge in [0.1, 0.15) is 11.6 Å². The van der Waals surface area contributed by atoms with Crippen LogP contribution in [-0.2, 0) is 0 Å². The van der Waals surface area contributed by atoms with Gasteiger partial charge < -0.3 is 4.74 Å². The quantitative estimate of drug-likeness (QED) is 0.717. The highest BCUT2D eigenvalue weighted by Gasteiger charge is 2.00. The minimum Gasteiger partial charge on any atom is -0.474 e. The van der Waals surface area contributed by atoms with Crippen LogP contribution in [0.2, 0.25) is 5.02 Å². The summed E-state index contributed by atoms with van der Waals surface area (Å²) in [6.07, 6.45) is 2.79. The van der Waals surface area contributed by atoms with Crippen molar-refractivity contribution in [2.24, 2.45) is 0 Å². The summed E-state index contributed by atoms with van der Waals surface area (Å²) in [4.78, 5) is 16.4. The molecule has 1 rings (SSSR count). The normalized spacial score (nSPS) is 9.42. The summed E-state index contributed by atoms with van der Waals surface area (Å²) in [6, 6.07) is 0. The summed E-state index contributed by atoms with van der Waals surface area (Å²) in [6.45, 7) is 3.74. The van der Waals surface area contributed by atoms with Gasteiger partial charge in [-0.15, -0.1) is 0 Å². The van der Waals surface area contributed by atoms with E-state index in [0.717, 1.165) is 0 Å². The molecule has 12 heavy (non-hydrogen) atoms. The van der Waals surface area contributed by atoms with Crippen molar-refractivity contribution in [3.05, 3.63) is 34.4 Å². The highest BCUT2D eigenvalue weighted by atomic mass is 35.5. The number of aromatic nitrogens is 2. The zero-order chi connectivity index (χ0) is 8.97. The Hall–Kier alpha value is -1.29. The lowest BCUT2D eigenvalue weighted by Crippen LogP contribution is -2.11. The molecule has 1 heterocycles. The molecule has 0 unspecified atom stereocenters. The minimum absolute atomic E-state index is 0.219. The molecule has 0 aliphatic carbocycles. The van der Waals surface area contributed by atoms with Crippen LogP contribution in [0.3, 0.4) is 0 Å². The SMILES string of the molecule is C=CCOc1[nH]c(=O)ncc1Cl. The minimum atomic E-state index is -0.488. The van der Waals surface area contributed by atoms with E-state index in [-0.39, 0.29) is 10.9 Å². The lowest BCUT2D eigenvalue weighted by atomic mass is 10.6. The monoisotopic (exact) mass is 186 g/mol. The zero-order valence-electron chi connectivity index (χ0n) is 6.21. The van der Waals surface area contributed by atoms with Crippen molar-refractivity contribution in [3.63, 3.8) is 0 Å². The Morgan fingerprint density at radius 1 is 1.83 bits per heavy atom. The van der Waals surface area contributed by atoms with E-state index in [9.17, 15) is 4.79 Å². The van der Waals surface area contributed by atoms with Crippen LogP contribution in [0.25, 0.3) is 0 Å². The summed E-state index contributed by atoms with van der Waals surface area (Å²) in [5.41, 5.74) is -0.488. The molecule has 0 amide bonds. The topological polar surface area (TPSA) is 55.0 Å². The maximum Gasteiger partial charge on any atom is 0.347 e. The summed E-state index contributed by atoms with van der Waals surface area (Å²) >= 11 is 5.64. The van der Waals surface area contributed by atoms with E-state index in [1.54, 1.807) is 6.08 Å². The molecule has 0 radical (unpaired) electrons. The average Bonchev–Trinajstić information content (AvgIpc) is 2.07. The largest absolute Gasteiger partial charge is 0.474 e. The molecule has 4 nitrogen and oxygen atoms in total. The highest BCUT2D eigenvalue weighted by Crippen LogP contribution is 2.17. The Morgan fingerprint density at radius 2 is 2.58 bits per heavy atom. The van der Waals surface area contributed by atoms with E-state index in [1.165, 1.54) is 6.20 Å². The van der Waals surface area contributed by atoms with Gasteiger partial charge in [0.05, 0.1) is 6.20 Å². The number of aromatic amines is 1. The number of nitrogens with one attached hydrogen (secondary N) is 1. The standard InChI is InChI=1S/C7H7ClN2O2/c1-2-3-12-6-5(8)4-9-7(11)10-6/h2,4H,1,3H2,(H,9,10,11). The van der Waals surface area contributed by atoms with E-state index in [2.05, 4.69) is 16.5 Å². The summed E-state index contributed by atoms with van der Waals surface area (Å²) in [5, 5.41) is 0.274. The second-order valence-corrected chi connectivity index (χ2v) is 2.37. The van der Waals surface area contributed by atoms with Crippen molar-refractivity contribution in [2.75, 3.05) is 6.61 Å². The smallest absolute Gasteiger partial charge is 0.347 e. The predicted octanol–water partition coefficient (Wildman–Crippen LogP) is 0.988. The Labute approximate surface area is 73.9 Å². The molecule has 0 spiro atoms. The molecule has 64 valence electrons.